The Bertz CT molecular complexity index is 910. The number of benzene rings is 1. The van der Waals surface area contributed by atoms with Crippen LogP contribution in [0.4, 0.5) is 0 Å². The van der Waals surface area contributed by atoms with Gasteiger partial charge in [-0.05, 0) is 62.3 Å². The van der Waals surface area contributed by atoms with Crippen molar-refractivity contribution in [3.05, 3.63) is 46.9 Å². The summed E-state index contributed by atoms with van der Waals surface area (Å²) in [5.41, 5.74) is 2.89. The zero-order valence-electron chi connectivity index (χ0n) is 19.4. The highest BCUT2D eigenvalue weighted by atomic mass is 16.5. The van der Waals surface area contributed by atoms with Gasteiger partial charge >= 0.3 is 0 Å². The van der Waals surface area contributed by atoms with Gasteiger partial charge in [0.2, 0.25) is 5.91 Å². The Kier molecular flexibility index (Phi) is 7.42. The average Bonchev–Trinajstić information content (AvgIpc) is 3.08. The Morgan fingerprint density at radius 1 is 1.32 bits per heavy atom. The fourth-order valence-corrected chi connectivity index (χ4v) is 4.35. The molecule has 1 fully saturated rings. The molecule has 0 radical (unpaired) electrons. The van der Waals surface area contributed by atoms with Gasteiger partial charge < -0.3 is 18.9 Å². The molecule has 1 aromatic carbocycles. The van der Waals surface area contributed by atoms with Crippen molar-refractivity contribution in [1.29, 1.82) is 0 Å². The van der Waals surface area contributed by atoms with E-state index in [1.165, 1.54) is 6.42 Å². The molecule has 31 heavy (non-hydrogen) atoms. The van der Waals surface area contributed by atoms with Gasteiger partial charge in [-0.2, -0.15) is 0 Å². The largest absolute Gasteiger partial charge is 0.493 e. The predicted octanol–water partition coefficient (Wildman–Crippen LogP) is 5.32. The van der Waals surface area contributed by atoms with Crippen LogP contribution in [0.2, 0.25) is 0 Å². The number of rotatable bonds is 8. The number of aryl methyl sites for hydroxylation is 2. The van der Waals surface area contributed by atoms with Gasteiger partial charge in [-0.1, -0.05) is 31.5 Å². The second-order valence-corrected chi connectivity index (χ2v) is 8.76. The van der Waals surface area contributed by atoms with E-state index in [9.17, 15) is 4.79 Å². The summed E-state index contributed by atoms with van der Waals surface area (Å²) >= 11 is 0. The summed E-state index contributed by atoms with van der Waals surface area (Å²) in [4.78, 5) is 14.7. The molecule has 0 spiro atoms. The van der Waals surface area contributed by atoms with Gasteiger partial charge in [0, 0.05) is 19.2 Å². The lowest BCUT2D eigenvalue weighted by atomic mass is 9.78. The molecule has 3 rings (SSSR count). The highest BCUT2D eigenvalue weighted by Crippen LogP contribution is 2.34. The SMILES string of the molecule is CCC[C@@]1(C)CCCN(C(=O)/C=C/c2ccc(OCc3c(C)noc3C)c(OC)c2)C1. The van der Waals surface area contributed by atoms with Crippen molar-refractivity contribution >= 4 is 12.0 Å². The molecule has 1 aromatic heterocycles. The van der Waals surface area contributed by atoms with E-state index in [1.807, 2.05) is 43.0 Å². The number of methoxy groups -OCH3 is 1. The molecule has 2 heterocycles. The molecule has 0 aliphatic carbocycles. The number of nitrogens with zero attached hydrogens (tertiary/aromatic N) is 2. The highest BCUT2D eigenvalue weighted by Gasteiger charge is 2.31. The number of likely N-dealkylation sites (tertiary alicyclic amines) is 1. The van der Waals surface area contributed by atoms with Gasteiger partial charge in [0.15, 0.2) is 11.5 Å². The third-order valence-electron chi connectivity index (χ3n) is 6.11. The van der Waals surface area contributed by atoms with Crippen LogP contribution < -0.4 is 9.47 Å². The maximum absolute atomic E-state index is 12.8. The molecular weight excluding hydrogens is 392 g/mol. The van der Waals surface area contributed by atoms with Crippen LogP contribution >= 0.6 is 0 Å². The maximum atomic E-state index is 12.8. The summed E-state index contributed by atoms with van der Waals surface area (Å²) in [6, 6.07) is 5.66. The molecule has 168 valence electrons. The van der Waals surface area contributed by atoms with Crippen LogP contribution in [0.15, 0.2) is 28.8 Å². The Hall–Kier alpha value is -2.76. The van der Waals surface area contributed by atoms with Crippen LogP contribution in [0.5, 0.6) is 11.5 Å². The minimum atomic E-state index is 0.0692. The van der Waals surface area contributed by atoms with Gasteiger partial charge in [-0.3, -0.25) is 4.79 Å². The van der Waals surface area contributed by atoms with Crippen LogP contribution in [-0.4, -0.2) is 36.2 Å². The molecule has 1 amide bonds. The number of piperidine rings is 1. The van der Waals surface area contributed by atoms with E-state index < -0.39 is 0 Å². The van der Waals surface area contributed by atoms with Crippen LogP contribution in [0.25, 0.3) is 6.08 Å². The van der Waals surface area contributed by atoms with Crippen LogP contribution in [0.3, 0.4) is 0 Å². The molecule has 1 atom stereocenters. The minimum absolute atomic E-state index is 0.0692. The summed E-state index contributed by atoms with van der Waals surface area (Å²) in [5, 5.41) is 3.95. The summed E-state index contributed by atoms with van der Waals surface area (Å²) in [6.07, 6.45) is 8.08. The number of aromatic nitrogens is 1. The quantitative estimate of drug-likeness (QED) is 0.535. The first-order valence-electron chi connectivity index (χ1n) is 11.0. The Labute approximate surface area is 185 Å². The Balaban J connectivity index is 1.65. The van der Waals surface area contributed by atoms with Crippen molar-refractivity contribution in [2.24, 2.45) is 5.41 Å². The molecular formula is C25H34N2O4. The number of carbonyl (C=O) groups is 1. The number of hydrogen-bond donors (Lipinski definition) is 0. The van der Waals surface area contributed by atoms with E-state index in [0.717, 1.165) is 54.9 Å². The normalized spacial score (nSPS) is 19.1. The lowest BCUT2D eigenvalue weighted by Crippen LogP contribution is -2.44. The molecule has 0 N–H and O–H groups in total. The van der Waals surface area contributed by atoms with Crippen LogP contribution in [0.1, 0.15) is 62.1 Å². The van der Waals surface area contributed by atoms with Crippen LogP contribution in [-0.2, 0) is 11.4 Å². The van der Waals surface area contributed by atoms with Gasteiger partial charge in [0.25, 0.3) is 0 Å². The molecule has 0 unspecified atom stereocenters. The molecule has 6 nitrogen and oxygen atoms in total. The first-order valence-corrected chi connectivity index (χ1v) is 11.0. The van der Waals surface area contributed by atoms with E-state index in [1.54, 1.807) is 13.2 Å². The van der Waals surface area contributed by atoms with Gasteiger partial charge in [-0.25, -0.2) is 0 Å². The van der Waals surface area contributed by atoms with E-state index in [0.29, 0.717) is 18.1 Å². The Morgan fingerprint density at radius 2 is 2.13 bits per heavy atom. The lowest BCUT2D eigenvalue weighted by Gasteiger charge is -2.40. The maximum Gasteiger partial charge on any atom is 0.246 e. The minimum Gasteiger partial charge on any atom is -0.493 e. The van der Waals surface area contributed by atoms with Gasteiger partial charge in [-0.15, -0.1) is 0 Å². The topological polar surface area (TPSA) is 64.8 Å². The summed E-state index contributed by atoms with van der Waals surface area (Å²) in [6.45, 7) is 10.3. The molecule has 1 aliphatic rings. The summed E-state index contributed by atoms with van der Waals surface area (Å²) in [7, 11) is 1.61. The molecule has 2 aromatic rings. The molecule has 0 saturated carbocycles. The first-order chi connectivity index (χ1) is 14.8. The van der Waals surface area contributed by atoms with Crippen molar-refractivity contribution in [3.63, 3.8) is 0 Å². The highest BCUT2D eigenvalue weighted by molar-refractivity contribution is 5.92. The number of ether oxygens (including phenoxy) is 2. The molecule has 1 aliphatic heterocycles. The zero-order chi connectivity index (χ0) is 22.4. The van der Waals surface area contributed by atoms with E-state index in [-0.39, 0.29) is 11.3 Å². The van der Waals surface area contributed by atoms with Crippen molar-refractivity contribution in [1.82, 2.24) is 10.1 Å². The average molecular weight is 427 g/mol. The smallest absolute Gasteiger partial charge is 0.246 e. The molecule has 0 bridgehead atoms. The third-order valence-corrected chi connectivity index (χ3v) is 6.11. The number of carbonyl (C=O) groups excluding carboxylic acids is 1. The van der Waals surface area contributed by atoms with E-state index in [2.05, 4.69) is 19.0 Å². The monoisotopic (exact) mass is 426 g/mol. The summed E-state index contributed by atoms with van der Waals surface area (Å²) < 4.78 is 16.6. The van der Waals surface area contributed by atoms with Crippen molar-refractivity contribution < 1.29 is 18.8 Å². The fourth-order valence-electron chi connectivity index (χ4n) is 4.35. The van der Waals surface area contributed by atoms with Crippen molar-refractivity contribution in [3.8, 4) is 11.5 Å². The van der Waals surface area contributed by atoms with E-state index in [4.69, 9.17) is 14.0 Å². The standard InChI is InChI=1S/C25H34N2O4/c1-6-12-25(4)13-7-14-27(17-25)24(28)11-9-20-8-10-22(23(15-20)29-5)30-16-21-18(2)26-31-19(21)3/h8-11,15H,6-7,12-14,16-17H2,1-5H3/b11-9+/t25-/m0/s1. The molecule has 6 heteroatoms. The van der Waals surface area contributed by atoms with Gasteiger partial charge in [0.05, 0.1) is 18.4 Å². The summed E-state index contributed by atoms with van der Waals surface area (Å²) in [5.74, 6) is 2.08. The fraction of sp³-hybridized carbons (Fsp3) is 0.520. The zero-order valence-corrected chi connectivity index (χ0v) is 19.4. The first kappa shape index (κ1) is 22.9. The lowest BCUT2D eigenvalue weighted by molar-refractivity contribution is -0.129. The van der Waals surface area contributed by atoms with Gasteiger partial charge in [0.1, 0.15) is 12.4 Å². The Morgan fingerprint density at radius 3 is 2.81 bits per heavy atom. The van der Waals surface area contributed by atoms with E-state index >= 15 is 0 Å². The third kappa shape index (κ3) is 5.69. The predicted molar refractivity (Wildman–Crippen MR) is 121 cm³/mol. The molecule has 1 saturated heterocycles. The van der Waals surface area contributed by atoms with Crippen molar-refractivity contribution in [2.45, 2.75) is 60.0 Å². The van der Waals surface area contributed by atoms with Crippen LogP contribution in [0, 0.1) is 19.3 Å². The van der Waals surface area contributed by atoms with Crippen molar-refractivity contribution in [2.75, 3.05) is 20.2 Å². The number of amides is 1. The second kappa shape index (κ2) is 10.0. The number of hydrogen-bond acceptors (Lipinski definition) is 5. The second-order valence-electron chi connectivity index (χ2n) is 8.76.